The lowest BCUT2D eigenvalue weighted by atomic mass is 9.83. The molecule has 2 aliphatic carbocycles. The van der Waals surface area contributed by atoms with E-state index in [1.165, 1.54) is 29.1 Å². The second-order valence-electron chi connectivity index (χ2n) is 19.6. The van der Waals surface area contributed by atoms with Gasteiger partial charge in [-0.3, -0.25) is 23.4 Å². The maximum Gasteiger partial charge on any atom is 0.438 e. The number of carbonyl (C=O) groups is 1. The molecule has 11 rings (SSSR count). The minimum Gasteiger partial charge on any atom is -0.376 e. The second-order valence-corrected chi connectivity index (χ2v) is 21.9. The topological polar surface area (TPSA) is 179 Å². The first kappa shape index (κ1) is 43.2. The average Bonchev–Trinajstić information content (AvgIpc) is 4.03. The SMILES string of the molecule is Cc1cc(-n2nc3c(c2-n2ccn(-c4ccc([S@@](=N)(=O)C5CC5)cc4F)c2=O)[C@H](C)N(C(=O)c2cc4cc([C@H]5CCOC(C)(C)C5)ccc4n2[C@@]2(c4noc(=O)[nH]4)C[C@@H]2C)CC3)cc(C)c1F. The number of rotatable bonds is 9. The zero-order chi connectivity index (χ0) is 47.1. The fourth-order valence-corrected chi connectivity index (χ4v) is 12.6. The maximum atomic E-state index is 16.0. The van der Waals surface area contributed by atoms with Gasteiger partial charge in [-0.2, -0.15) is 5.10 Å². The first-order valence-corrected chi connectivity index (χ1v) is 24.4. The molecule has 5 atom stereocenters. The van der Waals surface area contributed by atoms with Gasteiger partial charge >= 0.3 is 11.4 Å². The number of ether oxygens (including phenoxy) is 1. The number of amides is 1. The van der Waals surface area contributed by atoms with Crippen LogP contribution in [-0.2, 0) is 26.4 Å². The number of aromatic amines is 1. The molecule has 18 heteroatoms. The molecule has 15 nitrogen and oxygen atoms in total. The Kier molecular flexibility index (Phi) is 9.70. The molecule has 7 aromatic rings. The van der Waals surface area contributed by atoms with Crippen molar-refractivity contribution in [2.24, 2.45) is 5.92 Å². The standard InChI is InChI=1S/C49H51F2N9O6S/c1-26-19-33(20-27(2)42(26)51)60-43(58-17-16-57(47(58)63)39-12-10-35(23-36(39)50)67(52,64)34-8-9-34)41-29(4)56(15-13-37(41)54-60)44(61)40-22-32-21-30(31-14-18-65-48(5,6)25-31)7-11-38(32)59(40)49(24-28(49)3)45-53-46(62)66-55-45/h7,10-12,16-17,19-23,28-29,31,34,52H,8-9,13-15,18,24-25H2,1-6H3,(H,53,55,62)/t28-,29-,31-,49-,67-/m0/s1. The van der Waals surface area contributed by atoms with E-state index in [1.807, 2.05) is 30.5 Å². The Morgan fingerprint density at radius 1 is 0.955 bits per heavy atom. The van der Waals surface area contributed by atoms with E-state index in [9.17, 15) is 13.8 Å². The molecule has 67 heavy (non-hydrogen) atoms. The molecular formula is C49H51F2N9O6S. The van der Waals surface area contributed by atoms with Crippen molar-refractivity contribution in [2.45, 2.75) is 113 Å². The van der Waals surface area contributed by atoms with Gasteiger partial charge < -0.3 is 14.2 Å². The normalized spacial score (nSPS) is 23.3. The van der Waals surface area contributed by atoms with Gasteiger partial charge in [-0.1, -0.05) is 18.1 Å². The van der Waals surface area contributed by atoms with Crippen molar-refractivity contribution >= 4 is 26.5 Å². The van der Waals surface area contributed by atoms with Gasteiger partial charge in [-0.25, -0.2) is 32.0 Å². The van der Waals surface area contributed by atoms with E-state index in [1.54, 1.807) is 35.6 Å². The van der Waals surface area contributed by atoms with Crippen molar-refractivity contribution < 1.29 is 27.0 Å². The Hall–Kier alpha value is -6.40. The second kappa shape index (κ2) is 15.1. The van der Waals surface area contributed by atoms with E-state index in [-0.39, 0.29) is 51.5 Å². The molecule has 348 valence electrons. The molecular weight excluding hydrogens is 881 g/mol. The lowest BCUT2D eigenvalue weighted by Crippen LogP contribution is -2.41. The third kappa shape index (κ3) is 6.79. The summed E-state index contributed by atoms with van der Waals surface area (Å²) in [5.74, 6) is -1.29. The highest BCUT2D eigenvalue weighted by Crippen LogP contribution is 2.56. The molecule has 3 aromatic carbocycles. The number of H-pyrrole nitrogens is 1. The van der Waals surface area contributed by atoms with E-state index in [0.717, 1.165) is 39.9 Å². The van der Waals surface area contributed by atoms with Gasteiger partial charge in [0.15, 0.2) is 5.82 Å². The number of imidazole rings is 1. The van der Waals surface area contributed by atoms with E-state index < -0.39 is 38.6 Å². The molecule has 0 bridgehead atoms. The third-order valence-electron chi connectivity index (χ3n) is 14.6. The highest BCUT2D eigenvalue weighted by atomic mass is 32.2. The Balaban J connectivity index is 1.04. The molecule has 2 saturated carbocycles. The summed E-state index contributed by atoms with van der Waals surface area (Å²) >= 11 is 0. The van der Waals surface area contributed by atoms with Gasteiger partial charge in [0.05, 0.1) is 43.3 Å². The van der Waals surface area contributed by atoms with Crippen LogP contribution < -0.4 is 11.4 Å². The molecule has 0 radical (unpaired) electrons. The Labute approximate surface area is 384 Å². The van der Waals surface area contributed by atoms with Gasteiger partial charge in [0.2, 0.25) is 0 Å². The van der Waals surface area contributed by atoms with Crippen molar-refractivity contribution in [2.75, 3.05) is 13.2 Å². The summed E-state index contributed by atoms with van der Waals surface area (Å²) in [5, 5.41) is 9.75. The number of nitrogens with one attached hydrogen (secondary N) is 2. The van der Waals surface area contributed by atoms with Gasteiger partial charge in [0, 0.05) is 53.7 Å². The molecule has 0 spiro atoms. The highest BCUT2D eigenvalue weighted by Gasteiger charge is 2.59. The van der Waals surface area contributed by atoms with Crippen LogP contribution in [-0.4, -0.2) is 72.6 Å². The fraction of sp³-hybridized carbons (Fsp3) is 0.408. The predicted molar refractivity (Wildman–Crippen MR) is 245 cm³/mol. The predicted octanol–water partition coefficient (Wildman–Crippen LogP) is 8.12. The van der Waals surface area contributed by atoms with Crippen LogP contribution >= 0.6 is 0 Å². The minimum atomic E-state index is -3.20. The van der Waals surface area contributed by atoms with Crippen LogP contribution in [0.1, 0.15) is 116 Å². The first-order chi connectivity index (χ1) is 31.9. The zero-order valence-electron chi connectivity index (χ0n) is 38.1. The Bertz CT molecular complexity index is 3420. The summed E-state index contributed by atoms with van der Waals surface area (Å²) in [6, 6.07) is 14.7. The molecule has 2 aliphatic heterocycles. The van der Waals surface area contributed by atoms with Gasteiger partial charge in [0.25, 0.3) is 5.91 Å². The van der Waals surface area contributed by atoms with Gasteiger partial charge in [-0.05, 0) is 144 Å². The van der Waals surface area contributed by atoms with Crippen molar-refractivity contribution in [3.05, 3.63) is 139 Å². The molecule has 6 heterocycles. The number of hydrogen-bond acceptors (Lipinski definition) is 9. The maximum absolute atomic E-state index is 16.0. The average molecular weight is 932 g/mol. The van der Waals surface area contributed by atoms with Crippen LogP contribution in [0, 0.1) is 36.2 Å². The molecule has 2 N–H and O–H groups in total. The summed E-state index contributed by atoms with van der Waals surface area (Å²) in [4.78, 5) is 47.3. The summed E-state index contributed by atoms with van der Waals surface area (Å²) in [6.07, 6.45) is 6.84. The number of aromatic nitrogens is 7. The van der Waals surface area contributed by atoms with E-state index in [4.69, 9.17) is 19.1 Å². The Morgan fingerprint density at radius 3 is 2.34 bits per heavy atom. The summed E-state index contributed by atoms with van der Waals surface area (Å²) in [5.41, 5.74) is 2.89. The number of aryl methyl sites for hydroxylation is 2. The van der Waals surface area contributed by atoms with Crippen LogP contribution in [0.25, 0.3) is 28.1 Å². The number of nitrogens with zero attached hydrogens (tertiary/aromatic N) is 7. The highest BCUT2D eigenvalue weighted by molar-refractivity contribution is 7.93. The lowest BCUT2D eigenvalue weighted by molar-refractivity contribution is -0.0592. The third-order valence-corrected chi connectivity index (χ3v) is 17.0. The van der Waals surface area contributed by atoms with Gasteiger partial charge in [-0.15, -0.1) is 0 Å². The number of fused-ring (bicyclic) bond motifs is 2. The molecule has 4 aromatic heterocycles. The number of carbonyl (C=O) groups excluding carboxylic acids is 1. The van der Waals surface area contributed by atoms with Crippen molar-refractivity contribution in [1.82, 2.24) is 38.5 Å². The number of halogens is 2. The number of hydrogen-bond donors (Lipinski definition) is 2. The smallest absolute Gasteiger partial charge is 0.376 e. The monoisotopic (exact) mass is 931 g/mol. The molecule has 1 saturated heterocycles. The van der Waals surface area contributed by atoms with Gasteiger partial charge in [0.1, 0.15) is 28.7 Å². The van der Waals surface area contributed by atoms with Crippen LogP contribution in [0.5, 0.6) is 0 Å². The first-order valence-electron chi connectivity index (χ1n) is 22.8. The minimum absolute atomic E-state index is 0.0181. The van der Waals surface area contributed by atoms with Crippen molar-refractivity contribution in [3.8, 4) is 17.2 Å². The van der Waals surface area contributed by atoms with Crippen LogP contribution in [0.3, 0.4) is 0 Å². The summed E-state index contributed by atoms with van der Waals surface area (Å²) in [6.45, 7) is 12.4. The summed E-state index contributed by atoms with van der Waals surface area (Å²) in [7, 11) is -3.20. The van der Waals surface area contributed by atoms with Crippen LogP contribution in [0.2, 0.25) is 0 Å². The van der Waals surface area contributed by atoms with Crippen molar-refractivity contribution in [3.63, 3.8) is 0 Å². The summed E-state index contributed by atoms with van der Waals surface area (Å²) < 4.78 is 69.9. The number of benzene rings is 3. The van der Waals surface area contributed by atoms with E-state index in [0.29, 0.717) is 77.7 Å². The lowest BCUT2D eigenvalue weighted by Gasteiger charge is -2.35. The van der Waals surface area contributed by atoms with E-state index >= 15 is 13.6 Å². The quantitative estimate of drug-likeness (QED) is 0.146. The van der Waals surface area contributed by atoms with E-state index in [2.05, 4.69) is 36.1 Å². The fourth-order valence-electron chi connectivity index (χ4n) is 10.9. The molecule has 1 amide bonds. The molecule has 4 aliphatic rings. The largest absolute Gasteiger partial charge is 0.438 e. The van der Waals surface area contributed by atoms with Crippen LogP contribution in [0.15, 0.2) is 86.0 Å². The zero-order valence-corrected chi connectivity index (χ0v) is 38.9. The molecule has 0 unspecified atom stereocenters. The van der Waals surface area contributed by atoms with Crippen molar-refractivity contribution in [1.29, 1.82) is 4.78 Å². The Morgan fingerprint density at radius 2 is 1.69 bits per heavy atom. The molecule has 3 fully saturated rings. The van der Waals surface area contributed by atoms with Crippen LogP contribution in [0.4, 0.5) is 8.78 Å².